The molecule has 0 amide bonds. The molecule has 0 aromatic heterocycles. The Kier molecular flexibility index (Phi) is 7.29. The molecule has 12 nitrogen and oxygen atoms in total. The van der Waals surface area contributed by atoms with Gasteiger partial charge in [0.1, 0.15) is 49.5 Å². The average molecular weight is 621 g/mol. The summed E-state index contributed by atoms with van der Waals surface area (Å²) in [7, 11) is 4.63. The molecule has 0 spiro atoms. The molecule has 12 heteroatoms. The summed E-state index contributed by atoms with van der Waals surface area (Å²) in [6.45, 7) is 3.73. The largest absolute Gasteiger partial charge is 0.493 e. The van der Waals surface area contributed by atoms with Gasteiger partial charge in [-0.2, -0.15) is 0 Å². The molecule has 4 aliphatic rings. The van der Waals surface area contributed by atoms with Crippen molar-refractivity contribution >= 4 is 16.7 Å². The zero-order valence-electron chi connectivity index (χ0n) is 25.4. The van der Waals surface area contributed by atoms with E-state index in [0.717, 1.165) is 5.56 Å². The molecule has 3 aromatic carbocycles. The second-order valence-corrected chi connectivity index (χ2v) is 11.3. The summed E-state index contributed by atoms with van der Waals surface area (Å²) < 4.78 is 64.9. The van der Waals surface area contributed by atoms with E-state index < -0.39 is 42.5 Å². The Balaban J connectivity index is 1.41. The van der Waals surface area contributed by atoms with Gasteiger partial charge < -0.3 is 52.1 Å². The van der Waals surface area contributed by atoms with E-state index >= 15 is 0 Å². The van der Waals surface area contributed by atoms with Crippen molar-refractivity contribution in [3.05, 3.63) is 41.5 Å². The van der Waals surface area contributed by atoms with Gasteiger partial charge in [-0.15, -0.1) is 0 Å². The van der Waals surface area contributed by atoms with Gasteiger partial charge in [-0.1, -0.05) is 12.5 Å². The maximum Gasteiger partial charge on any atom is 0.339 e. The highest BCUT2D eigenvalue weighted by molar-refractivity contribution is 6.14. The number of fused-ring (bicyclic) bond motifs is 4. The fourth-order valence-electron chi connectivity index (χ4n) is 6.46. The minimum atomic E-state index is -1.02. The minimum absolute atomic E-state index is 0.0297. The van der Waals surface area contributed by atoms with Crippen molar-refractivity contribution in [1.29, 1.82) is 0 Å². The van der Waals surface area contributed by atoms with Crippen LogP contribution in [-0.4, -0.2) is 77.2 Å². The monoisotopic (exact) mass is 620 g/mol. The van der Waals surface area contributed by atoms with Gasteiger partial charge in [-0.3, -0.25) is 0 Å². The summed E-state index contributed by atoms with van der Waals surface area (Å²) >= 11 is 0. The van der Waals surface area contributed by atoms with Gasteiger partial charge in [0.05, 0.1) is 19.8 Å². The number of rotatable bonds is 8. The fourth-order valence-corrected chi connectivity index (χ4v) is 6.46. The van der Waals surface area contributed by atoms with Gasteiger partial charge >= 0.3 is 5.97 Å². The van der Waals surface area contributed by atoms with Crippen LogP contribution < -0.4 is 23.7 Å². The van der Waals surface area contributed by atoms with E-state index in [1.165, 1.54) is 0 Å². The maximum absolute atomic E-state index is 13.5. The highest BCUT2D eigenvalue weighted by Crippen LogP contribution is 2.50. The summed E-state index contributed by atoms with van der Waals surface area (Å²) in [6.07, 6.45) is 4.06. The average Bonchev–Trinajstić information content (AvgIpc) is 3.75. The van der Waals surface area contributed by atoms with Crippen LogP contribution in [0.2, 0.25) is 0 Å². The molecule has 236 valence electrons. The van der Waals surface area contributed by atoms with Crippen LogP contribution >= 0.6 is 0 Å². The summed E-state index contributed by atoms with van der Waals surface area (Å²) in [5.74, 6) is 1.04. The molecule has 3 aromatic rings. The highest BCUT2D eigenvalue weighted by Gasteiger charge is 2.57. The fraction of sp³-hybridized carbons (Fsp3) is 0.424. The lowest BCUT2D eigenvalue weighted by Gasteiger charge is -2.41. The van der Waals surface area contributed by atoms with Crippen molar-refractivity contribution in [2.24, 2.45) is 0 Å². The molecular weight excluding hydrogens is 588 g/mol. The number of hydrogen-bond donors (Lipinski definition) is 0. The first-order valence-electron chi connectivity index (χ1n) is 14.4. The molecule has 5 atom stereocenters. The van der Waals surface area contributed by atoms with Crippen molar-refractivity contribution in [3.8, 4) is 52.4 Å². The quantitative estimate of drug-likeness (QED) is 0.266. The van der Waals surface area contributed by atoms with Crippen LogP contribution in [-0.2, 0) is 35.0 Å². The van der Waals surface area contributed by atoms with Crippen LogP contribution in [0, 0.1) is 12.5 Å². The van der Waals surface area contributed by atoms with Crippen LogP contribution in [0.1, 0.15) is 29.8 Å². The van der Waals surface area contributed by atoms with Crippen LogP contribution in [0.5, 0.6) is 28.7 Å². The van der Waals surface area contributed by atoms with Gasteiger partial charge in [0.15, 0.2) is 28.8 Å². The molecule has 0 bridgehead atoms. The molecule has 0 radical (unpaired) electrons. The molecule has 2 fully saturated rings. The third-order valence-electron chi connectivity index (χ3n) is 8.34. The van der Waals surface area contributed by atoms with Crippen LogP contribution in [0.25, 0.3) is 21.9 Å². The molecular formula is C33H32O12. The summed E-state index contributed by atoms with van der Waals surface area (Å²) in [6, 6.07) is 9.11. The number of cyclic esters (lactones) is 1. The van der Waals surface area contributed by atoms with Gasteiger partial charge in [0.25, 0.3) is 0 Å². The van der Waals surface area contributed by atoms with E-state index in [9.17, 15) is 4.79 Å². The summed E-state index contributed by atoms with van der Waals surface area (Å²) in [5, 5.41) is 1.27. The standard InChI is InChI=1S/C33H32O12/c1-7-38-14-24-28-29(45-33(2,3)44-28)30(37-6)32(42-24)43-27-18-12-22(36-5)21(35-4)11-17(18)25(26-19(27)13-39-31(26)34)16-8-9-20-23(10-16)41-15-40-20/h1,8-12,24,28-30,32H,13-15H2,2-6H3. The van der Waals surface area contributed by atoms with Crippen molar-refractivity contribution < 1.29 is 56.9 Å². The second-order valence-electron chi connectivity index (χ2n) is 11.3. The summed E-state index contributed by atoms with van der Waals surface area (Å²) in [4.78, 5) is 13.5. The first kappa shape index (κ1) is 29.3. The van der Waals surface area contributed by atoms with E-state index in [2.05, 4.69) is 6.11 Å². The van der Waals surface area contributed by atoms with Gasteiger partial charge in [0, 0.05) is 23.6 Å². The van der Waals surface area contributed by atoms with E-state index in [4.69, 9.17) is 58.5 Å². The maximum atomic E-state index is 13.5. The highest BCUT2D eigenvalue weighted by atomic mass is 16.8. The number of esters is 1. The SMILES string of the molecule is C#COCC1OC(Oc2c3c(c(-c4ccc5c(c4)OCO5)c4cc(OC)c(OC)cc24)C(=O)OC3)C(OC)C2OC(C)(C)OC12. The van der Waals surface area contributed by atoms with Crippen molar-refractivity contribution in [2.45, 2.75) is 56.9 Å². The number of carbonyl (C=O) groups is 1. The molecule has 45 heavy (non-hydrogen) atoms. The Morgan fingerprint density at radius 3 is 2.40 bits per heavy atom. The van der Waals surface area contributed by atoms with Gasteiger partial charge in [-0.05, 0) is 49.1 Å². The molecule has 2 saturated heterocycles. The molecule has 4 heterocycles. The first-order chi connectivity index (χ1) is 21.8. The molecule has 0 saturated carbocycles. The van der Waals surface area contributed by atoms with Crippen LogP contribution in [0.4, 0.5) is 0 Å². The van der Waals surface area contributed by atoms with E-state index in [1.807, 2.05) is 26.0 Å². The van der Waals surface area contributed by atoms with Gasteiger partial charge in [0.2, 0.25) is 13.1 Å². The minimum Gasteiger partial charge on any atom is -0.493 e. The molecule has 7 rings (SSSR count). The molecule has 0 N–H and O–H groups in total. The first-order valence-corrected chi connectivity index (χ1v) is 14.4. The Labute approximate surface area is 259 Å². The third kappa shape index (κ3) is 4.83. The second kappa shape index (κ2) is 11.2. The lowest BCUT2D eigenvalue weighted by Crippen LogP contribution is -2.59. The van der Waals surface area contributed by atoms with Crippen molar-refractivity contribution in [3.63, 3.8) is 0 Å². The zero-order valence-corrected chi connectivity index (χ0v) is 25.4. The number of methoxy groups -OCH3 is 3. The number of carbonyl (C=O) groups excluding carboxylic acids is 1. The molecule has 4 aliphatic heterocycles. The predicted molar refractivity (Wildman–Crippen MR) is 156 cm³/mol. The van der Waals surface area contributed by atoms with Crippen LogP contribution in [0.15, 0.2) is 30.3 Å². The number of ether oxygens (including phenoxy) is 11. The Morgan fingerprint density at radius 1 is 0.933 bits per heavy atom. The lowest BCUT2D eigenvalue weighted by molar-refractivity contribution is -0.259. The van der Waals surface area contributed by atoms with E-state index in [-0.39, 0.29) is 20.0 Å². The Bertz CT molecular complexity index is 1710. The van der Waals surface area contributed by atoms with Crippen molar-refractivity contribution in [2.75, 3.05) is 34.7 Å². The Hall–Kier alpha value is -4.41. The van der Waals surface area contributed by atoms with Crippen LogP contribution in [0.3, 0.4) is 0 Å². The smallest absolute Gasteiger partial charge is 0.339 e. The molecule has 0 aliphatic carbocycles. The summed E-state index contributed by atoms with van der Waals surface area (Å²) in [5.41, 5.74) is 2.22. The number of terminal acetylenes is 1. The topological polar surface area (TPSA) is 119 Å². The normalized spacial score (nSPS) is 25.7. The Morgan fingerprint density at radius 2 is 1.67 bits per heavy atom. The van der Waals surface area contributed by atoms with Gasteiger partial charge in [-0.25, -0.2) is 4.79 Å². The number of hydrogen-bond acceptors (Lipinski definition) is 12. The van der Waals surface area contributed by atoms with E-state index in [0.29, 0.717) is 56.2 Å². The lowest BCUT2D eigenvalue weighted by atomic mass is 9.89. The van der Waals surface area contributed by atoms with E-state index in [1.54, 1.807) is 39.5 Å². The third-order valence-corrected chi connectivity index (χ3v) is 8.34. The zero-order chi connectivity index (χ0) is 31.5. The molecule has 5 unspecified atom stereocenters. The number of benzene rings is 3. The van der Waals surface area contributed by atoms with Crippen molar-refractivity contribution in [1.82, 2.24) is 0 Å². The predicted octanol–water partition coefficient (Wildman–Crippen LogP) is 4.17.